The molecule has 0 aromatic carbocycles. The Kier molecular flexibility index (Phi) is 3.39. The Balaban J connectivity index is 2.15. The molecule has 0 heterocycles. The summed E-state index contributed by atoms with van der Waals surface area (Å²) in [6, 6.07) is 0. The van der Waals surface area contributed by atoms with Crippen molar-refractivity contribution in [1.82, 2.24) is 0 Å². The number of unbranched alkanes of at least 4 members (excludes halogenated alkanes) is 1. The van der Waals surface area contributed by atoms with Gasteiger partial charge in [0.25, 0.3) is 0 Å². The van der Waals surface area contributed by atoms with Crippen molar-refractivity contribution < 1.29 is 0 Å². The van der Waals surface area contributed by atoms with E-state index in [0.29, 0.717) is 11.8 Å². The van der Waals surface area contributed by atoms with E-state index in [-0.39, 0.29) is 0 Å². The van der Waals surface area contributed by atoms with E-state index in [1.54, 1.807) is 0 Å². The third-order valence-electron chi connectivity index (χ3n) is 2.93. The van der Waals surface area contributed by atoms with E-state index in [4.69, 9.17) is 0 Å². The van der Waals surface area contributed by atoms with Gasteiger partial charge in [0.2, 0.25) is 0 Å². The molecule has 15 heavy (non-hydrogen) atoms. The van der Waals surface area contributed by atoms with Crippen LogP contribution in [0, 0.1) is 11.8 Å². The van der Waals surface area contributed by atoms with Crippen LogP contribution in [0.2, 0.25) is 0 Å². The average molecular weight is 198 g/mol. The number of hydrogen-bond donors (Lipinski definition) is 0. The molecule has 0 N–H and O–H groups in total. The monoisotopic (exact) mass is 198 g/mol. The van der Waals surface area contributed by atoms with Crippen LogP contribution >= 0.6 is 0 Å². The molecule has 0 aliphatic heterocycles. The minimum atomic E-state index is 0.522. The number of allylic oxidation sites excluding steroid dienone is 10. The first kappa shape index (κ1) is 10.2. The molecule has 0 bridgehead atoms. The minimum Gasteiger partial charge on any atom is -0.0835 e. The fraction of sp³-hybridized carbons (Fsp3) is 0.333. The van der Waals surface area contributed by atoms with E-state index in [1.807, 2.05) is 0 Å². The second-order valence-corrected chi connectivity index (χ2v) is 4.08. The first-order valence-corrected chi connectivity index (χ1v) is 5.81. The second kappa shape index (κ2) is 4.97. The van der Waals surface area contributed by atoms with Crippen molar-refractivity contribution in [3.05, 3.63) is 60.3 Å². The van der Waals surface area contributed by atoms with Gasteiger partial charge in [0.15, 0.2) is 0 Å². The number of hydrogen-bond acceptors (Lipinski definition) is 0. The molecule has 0 amide bonds. The maximum atomic E-state index is 2.41. The highest BCUT2D eigenvalue weighted by Crippen LogP contribution is 2.30. The van der Waals surface area contributed by atoms with Crippen molar-refractivity contribution in [1.29, 1.82) is 0 Å². The molecule has 0 spiro atoms. The van der Waals surface area contributed by atoms with E-state index < -0.39 is 0 Å². The second-order valence-electron chi connectivity index (χ2n) is 4.08. The van der Waals surface area contributed by atoms with Gasteiger partial charge < -0.3 is 0 Å². The highest BCUT2D eigenvalue weighted by Gasteiger charge is 2.17. The molecule has 0 nitrogen and oxygen atoms in total. The fourth-order valence-corrected chi connectivity index (χ4v) is 2.11. The molecule has 2 aliphatic carbocycles. The molecule has 0 aromatic rings. The normalized spacial score (nSPS) is 19.3. The summed E-state index contributed by atoms with van der Waals surface area (Å²) in [4.78, 5) is 0. The average Bonchev–Trinajstić information content (AvgIpc) is 2.90. The zero-order valence-electron chi connectivity index (χ0n) is 9.27. The van der Waals surface area contributed by atoms with Crippen LogP contribution in [0.5, 0.6) is 0 Å². The van der Waals surface area contributed by atoms with Gasteiger partial charge in [-0.15, -0.1) is 0 Å². The van der Waals surface area contributed by atoms with E-state index in [2.05, 4.69) is 61.6 Å². The summed E-state index contributed by atoms with van der Waals surface area (Å²) in [7, 11) is 0. The summed E-state index contributed by atoms with van der Waals surface area (Å²) in [6.07, 6.45) is 22.5. The fourth-order valence-electron chi connectivity index (χ4n) is 2.11. The van der Waals surface area contributed by atoms with Crippen LogP contribution in [0.25, 0.3) is 0 Å². The van der Waals surface area contributed by atoms with E-state index in [0.717, 1.165) is 0 Å². The van der Waals surface area contributed by atoms with E-state index in [9.17, 15) is 0 Å². The van der Waals surface area contributed by atoms with Crippen molar-refractivity contribution in [3.8, 4) is 0 Å². The number of rotatable bonds is 4. The van der Waals surface area contributed by atoms with Crippen molar-refractivity contribution in [2.24, 2.45) is 11.8 Å². The maximum Gasteiger partial charge on any atom is 0.0172 e. The molecule has 0 saturated carbocycles. The lowest BCUT2D eigenvalue weighted by Crippen LogP contribution is -2.04. The summed E-state index contributed by atoms with van der Waals surface area (Å²) < 4.78 is 0. The van der Waals surface area contributed by atoms with Crippen LogP contribution in [0.3, 0.4) is 0 Å². The molecule has 78 valence electrons. The zero-order valence-corrected chi connectivity index (χ0v) is 9.27. The Morgan fingerprint density at radius 1 is 0.933 bits per heavy atom. The van der Waals surface area contributed by atoms with Crippen LogP contribution in [0.15, 0.2) is 60.3 Å². The first-order valence-electron chi connectivity index (χ1n) is 5.81. The Morgan fingerprint density at radius 2 is 1.40 bits per heavy atom. The lowest BCUT2D eigenvalue weighted by atomic mass is 9.88. The minimum absolute atomic E-state index is 0.522. The first-order chi connectivity index (χ1) is 7.42. The van der Waals surface area contributed by atoms with E-state index in [1.165, 1.54) is 18.4 Å². The topological polar surface area (TPSA) is 0 Å². The molecule has 0 fully saturated rings. The lowest BCUT2D eigenvalue weighted by Gasteiger charge is -2.16. The van der Waals surface area contributed by atoms with Crippen molar-refractivity contribution in [3.63, 3.8) is 0 Å². The quantitative estimate of drug-likeness (QED) is 0.594. The standard InChI is InChI=1S/C15H18/c1-2-3-12-15(13-8-4-5-9-13)14-10-6-7-11-14/h4-14H,2-3H2,1H3. The van der Waals surface area contributed by atoms with E-state index >= 15 is 0 Å². The summed E-state index contributed by atoms with van der Waals surface area (Å²) in [5, 5.41) is 0. The van der Waals surface area contributed by atoms with Crippen molar-refractivity contribution in [2.75, 3.05) is 0 Å². The van der Waals surface area contributed by atoms with Crippen molar-refractivity contribution >= 4 is 0 Å². The van der Waals surface area contributed by atoms with Gasteiger partial charge >= 0.3 is 0 Å². The molecule has 0 heteroatoms. The largest absolute Gasteiger partial charge is 0.0835 e. The Morgan fingerprint density at radius 3 is 1.80 bits per heavy atom. The lowest BCUT2D eigenvalue weighted by molar-refractivity contribution is 0.808. The molecule has 2 aliphatic rings. The SMILES string of the molecule is CCCC=C(C1C=CC=C1)C1C=CC=C1. The maximum absolute atomic E-state index is 2.41. The van der Waals surface area contributed by atoms with Gasteiger partial charge in [0.05, 0.1) is 0 Å². The molecule has 0 radical (unpaired) electrons. The highest BCUT2D eigenvalue weighted by molar-refractivity contribution is 5.37. The molecular formula is C15H18. The van der Waals surface area contributed by atoms with Crippen LogP contribution in [0.1, 0.15) is 19.8 Å². The zero-order chi connectivity index (χ0) is 10.5. The Bertz CT molecular complexity index is 296. The van der Waals surface area contributed by atoms with Crippen LogP contribution in [0.4, 0.5) is 0 Å². The third kappa shape index (κ3) is 2.38. The van der Waals surface area contributed by atoms with Gasteiger partial charge in [0.1, 0.15) is 0 Å². The third-order valence-corrected chi connectivity index (χ3v) is 2.93. The predicted molar refractivity (Wildman–Crippen MR) is 66.5 cm³/mol. The predicted octanol–water partition coefficient (Wildman–Crippen LogP) is 4.20. The van der Waals surface area contributed by atoms with Gasteiger partial charge in [-0.1, -0.05) is 73.6 Å². The molecule has 0 saturated heterocycles. The van der Waals surface area contributed by atoms with Gasteiger partial charge in [0, 0.05) is 11.8 Å². The summed E-state index contributed by atoms with van der Waals surface area (Å²) >= 11 is 0. The highest BCUT2D eigenvalue weighted by atomic mass is 14.2. The Labute approximate surface area is 92.4 Å². The van der Waals surface area contributed by atoms with Crippen LogP contribution < -0.4 is 0 Å². The van der Waals surface area contributed by atoms with Crippen LogP contribution in [-0.4, -0.2) is 0 Å². The summed E-state index contributed by atoms with van der Waals surface area (Å²) in [5.74, 6) is 1.04. The summed E-state index contributed by atoms with van der Waals surface area (Å²) in [5.41, 5.74) is 1.53. The smallest absolute Gasteiger partial charge is 0.0172 e. The van der Waals surface area contributed by atoms with Crippen LogP contribution in [-0.2, 0) is 0 Å². The van der Waals surface area contributed by atoms with Gasteiger partial charge in [-0.2, -0.15) is 0 Å². The molecule has 2 rings (SSSR count). The molecule has 0 atom stereocenters. The van der Waals surface area contributed by atoms with Gasteiger partial charge in [-0.05, 0) is 6.42 Å². The Hall–Kier alpha value is -1.30. The molecule has 0 aromatic heterocycles. The molecular weight excluding hydrogens is 180 g/mol. The van der Waals surface area contributed by atoms with Gasteiger partial charge in [-0.3, -0.25) is 0 Å². The van der Waals surface area contributed by atoms with Gasteiger partial charge in [-0.25, -0.2) is 0 Å². The van der Waals surface area contributed by atoms with Crippen molar-refractivity contribution in [2.45, 2.75) is 19.8 Å². The molecule has 0 unspecified atom stereocenters. The summed E-state index contributed by atoms with van der Waals surface area (Å²) in [6.45, 7) is 2.23.